The first-order valence-corrected chi connectivity index (χ1v) is 10.1. The van der Waals surface area contributed by atoms with Gasteiger partial charge in [0, 0.05) is 6.07 Å². The molecule has 0 aliphatic rings. The van der Waals surface area contributed by atoms with Gasteiger partial charge in [-0.05, 0) is 36.6 Å². The Bertz CT molecular complexity index is 991. The molecule has 6 nitrogen and oxygen atoms in total. The number of benzene rings is 2. The average molecular weight is 383 g/mol. The Hall–Kier alpha value is -2.93. The monoisotopic (exact) mass is 383 g/mol. The number of ether oxygens (including phenoxy) is 1. The van der Waals surface area contributed by atoms with E-state index in [0.717, 1.165) is 0 Å². The van der Waals surface area contributed by atoms with E-state index in [2.05, 4.69) is 28.5 Å². The van der Waals surface area contributed by atoms with Gasteiger partial charge >= 0.3 is 0 Å². The van der Waals surface area contributed by atoms with Gasteiger partial charge in [-0.2, -0.15) is 4.98 Å². The molecule has 1 N–H and O–H groups in total. The van der Waals surface area contributed by atoms with Crippen molar-refractivity contribution in [2.45, 2.75) is 25.2 Å². The van der Waals surface area contributed by atoms with Gasteiger partial charge in [0.05, 0.1) is 10.6 Å². The smallest absolute Gasteiger partial charge is 0.264 e. The number of sulfonamides is 1. The van der Waals surface area contributed by atoms with Crippen molar-refractivity contribution in [3.8, 4) is 11.6 Å². The molecule has 2 aromatic carbocycles. The third-order valence-electron chi connectivity index (χ3n) is 3.62. The number of rotatable bonds is 7. The summed E-state index contributed by atoms with van der Waals surface area (Å²) in [6.45, 7) is 4.13. The lowest BCUT2D eigenvalue weighted by atomic mass is 10.1. The fraction of sp³-hybridized carbons (Fsp3) is 0.200. The molecule has 0 spiro atoms. The number of nitrogens with zero attached hydrogens (tertiary/aromatic N) is 2. The normalized spacial score (nSPS) is 11.4. The van der Waals surface area contributed by atoms with Crippen LogP contribution in [0.15, 0.2) is 71.6 Å². The maximum absolute atomic E-state index is 12.6. The van der Waals surface area contributed by atoms with Gasteiger partial charge in [0.15, 0.2) is 0 Å². The van der Waals surface area contributed by atoms with Crippen LogP contribution in [0.2, 0.25) is 0 Å². The second-order valence-electron chi connectivity index (χ2n) is 6.45. The van der Waals surface area contributed by atoms with Gasteiger partial charge in [0.1, 0.15) is 5.75 Å². The van der Waals surface area contributed by atoms with Crippen LogP contribution in [0.5, 0.6) is 11.6 Å². The Balaban J connectivity index is 1.92. The van der Waals surface area contributed by atoms with E-state index in [1.807, 2.05) is 18.2 Å². The van der Waals surface area contributed by atoms with E-state index in [1.165, 1.54) is 12.1 Å². The molecule has 0 unspecified atom stereocenters. The first kappa shape index (κ1) is 18.8. The van der Waals surface area contributed by atoms with Gasteiger partial charge in [-0.1, -0.05) is 50.2 Å². The van der Waals surface area contributed by atoms with Gasteiger partial charge in [-0.15, -0.1) is 0 Å². The van der Waals surface area contributed by atoms with Gasteiger partial charge in [0.2, 0.25) is 11.8 Å². The second kappa shape index (κ2) is 8.18. The molecule has 0 amide bonds. The molecule has 0 aliphatic heterocycles. The van der Waals surface area contributed by atoms with E-state index < -0.39 is 10.0 Å². The number of hydrogen-bond donors (Lipinski definition) is 1. The van der Waals surface area contributed by atoms with Gasteiger partial charge < -0.3 is 4.74 Å². The number of anilines is 1. The summed E-state index contributed by atoms with van der Waals surface area (Å²) >= 11 is 0. The van der Waals surface area contributed by atoms with Crippen molar-refractivity contribution >= 4 is 16.0 Å². The third-order valence-corrected chi connectivity index (χ3v) is 4.96. The highest BCUT2D eigenvalue weighted by molar-refractivity contribution is 7.92. The number of nitrogens with one attached hydrogen (secondary N) is 1. The van der Waals surface area contributed by atoms with E-state index in [1.54, 1.807) is 36.4 Å². The van der Waals surface area contributed by atoms with Crippen molar-refractivity contribution in [3.63, 3.8) is 0 Å². The molecule has 1 heterocycles. The molecule has 7 heteroatoms. The molecule has 0 saturated carbocycles. The van der Waals surface area contributed by atoms with Crippen LogP contribution in [0.4, 0.5) is 5.95 Å². The van der Waals surface area contributed by atoms with E-state index in [-0.39, 0.29) is 16.7 Å². The topological polar surface area (TPSA) is 81.2 Å². The van der Waals surface area contributed by atoms with Crippen molar-refractivity contribution in [1.29, 1.82) is 0 Å². The molecule has 140 valence electrons. The zero-order valence-corrected chi connectivity index (χ0v) is 16.0. The predicted molar refractivity (Wildman–Crippen MR) is 104 cm³/mol. The van der Waals surface area contributed by atoms with Crippen LogP contribution in [-0.2, 0) is 16.4 Å². The van der Waals surface area contributed by atoms with Crippen LogP contribution in [-0.4, -0.2) is 18.4 Å². The lowest BCUT2D eigenvalue weighted by Gasteiger charge is -2.12. The third kappa shape index (κ3) is 5.27. The second-order valence-corrected chi connectivity index (χ2v) is 8.14. The zero-order valence-electron chi connectivity index (χ0n) is 15.2. The summed E-state index contributed by atoms with van der Waals surface area (Å²) in [5.41, 5.74) is 0.705. The molecule has 27 heavy (non-hydrogen) atoms. The number of hydrogen-bond acceptors (Lipinski definition) is 5. The summed E-state index contributed by atoms with van der Waals surface area (Å²) in [4.78, 5) is 8.71. The quantitative estimate of drug-likeness (QED) is 0.659. The fourth-order valence-electron chi connectivity index (χ4n) is 2.48. The summed E-state index contributed by atoms with van der Waals surface area (Å²) in [7, 11) is -3.78. The van der Waals surface area contributed by atoms with Crippen molar-refractivity contribution in [2.24, 2.45) is 5.92 Å². The Morgan fingerprint density at radius 1 is 0.963 bits per heavy atom. The Kier molecular flexibility index (Phi) is 5.71. The fourth-order valence-corrected chi connectivity index (χ4v) is 3.45. The van der Waals surface area contributed by atoms with Crippen molar-refractivity contribution in [1.82, 2.24) is 9.97 Å². The van der Waals surface area contributed by atoms with Gasteiger partial charge in [0.25, 0.3) is 10.0 Å². The summed E-state index contributed by atoms with van der Waals surface area (Å²) in [6, 6.07) is 19.0. The van der Waals surface area contributed by atoms with E-state index in [4.69, 9.17) is 4.74 Å². The molecular weight excluding hydrogens is 362 g/mol. The number of para-hydroxylation sites is 1. The number of aromatic nitrogens is 2. The molecule has 0 fully saturated rings. The average Bonchev–Trinajstić information content (AvgIpc) is 2.62. The highest BCUT2D eigenvalue weighted by atomic mass is 32.2. The van der Waals surface area contributed by atoms with Crippen molar-refractivity contribution in [2.75, 3.05) is 4.72 Å². The summed E-state index contributed by atoms with van der Waals surface area (Å²) < 4.78 is 33.4. The molecule has 0 saturated heterocycles. The maximum atomic E-state index is 12.6. The van der Waals surface area contributed by atoms with Crippen LogP contribution in [0, 0.1) is 5.92 Å². The molecule has 0 bridgehead atoms. The minimum Gasteiger partial charge on any atom is -0.439 e. The van der Waals surface area contributed by atoms with Crippen LogP contribution in [0.3, 0.4) is 0 Å². The molecular formula is C20H21N3O3S. The summed E-state index contributed by atoms with van der Waals surface area (Å²) in [6.07, 6.45) is 0.674. The molecule has 0 atom stereocenters. The van der Waals surface area contributed by atoms with Crippen molar-refractivity contribution < 1.29 is 13.2 Å². The van der Waals surface area contributed by atoms with E-state index >= 15 is 0 Å². The zero-order chi connectivity index (χ0) is 19.3. The summed E-state index contributed by atoms with van der Waals surface area (Å²) in [5.74, 6) is 1.24. The van der Waals surface area contributed by atoms with Gasteiger partial charge in [-0.3, -0.25) is 0 Å². The van der Waals surface area contributed by atoms with Crippen molar-refractivity contribution in [3.05, 3.63) is 72.4 Å². The Morgan fingerprint density at radius 2 is 1.59 bits per heavy atom. The van der Waals surface area contributed by atoms with Crippen LogP contribution in [0.1, 0.15) is 19.5 Å². The lowest BCUT2D eigenvalue weighted by molar-refractivity contribution is 0.460. The largest absolute Gasteiger partial charge is 0.439 e. The van der Waals surface area contributed by atoms with E-state index in [9.17, 15) is 8.42 Å². The standard InChI is InChI=1S/C20H21N3O3S/c1-15(2)13-16-14-19(26-17-9-5-3-6-10-17)22-20(21-16)23-27(24,25)18-11-7-4-8-12-18/h3-12,14-15H,13H2,1-2H3,(H,21,22,23). The predicted octanol–water partition coefficient (Wildman–Crippen LogP) is 4.27. The Labute approximate surface area is 159 Å². The molecule has 1 aromatic heterocycles. The summed E-state index contributed by atoms with van der Waals surface area (Å²) in [5, 5.41) is 0. The molecule has 3 aromatic rings. The van der Waals surface area contributed by atoms with Crippen LogP contribution >= 0.6 is 0 Å². The highest BCUT2D eigenvalue weighted by Gasteiger charge is 2.17. The molecule has 3 rings (SSSR count). The lowest BCUT2D eigenvalue weighted by Crippen LogP contribution is -2.16. The maximum Gasteiger partial charge on any atom is 0.264 e. The molecule has 0 radical (unpaired) electrons. The Morgan fingerprint density at radius 3 is 2.22 bits per heavy atom. The van der Waals surface area contributed by atoms with Gasteiger partial charge in [-0.25, -0.2) is 18.1 Å². The first-order valence-electron chi connectivity index (χ1n) is 8.61. The SMILES string of the molecule is CC(C)Cc1cc(Oc2ccccc2)nc(NS(=O)(=O)c2ccccc2)n1. The minimum atomic E-state index is -3.78. The van der Waals surface area contributed by atoms with Crippen LogP contribution in [0.25, 0.3) is 0 Å². The minimum absolute atomic E-state index is 0.0112. The highest BCUT2D eigenvalue weighted by Crippen LogP contribution is 2.23. The molecule has 0 aliphatic carbocycles. The van der Waals surface area contributed by atoms with Crippen LogP contribution < -0.4 is 9.46 Å². The first-order chi connectivity index (χ1) is 12.9. The van der Waals surface area contributed by atoms with E-state index in [0.29, 0.717) is 23.8 Å².